The summed E-state index contributed by atoms with van der Waals surface area (Å²) in [4.78, 5) is 0. The minimum absolute atomic E-state index is 0.218. The van der Waals surface area contributed by atoms with Gasteiger partial charge in [0, 0.05) is 0 Å². The van der Waals surface area contributed by atoms with Crippen LogP contribution in [-0.2, 0) is 0 Å². The Morgan fingerprint density at radius 2 is 1.63 bits per heavy atom. The van der Waals surface area contributed by atoms with E-state index in [0.29, 0.717) is 19.3 Å². The fourth-order valence-corrected chi connectivity index (χ4v) is 1.09. The van der Waals surface area contributed by atoms with Crippen molar-refractivity contribution in [1.29, 1.82) is 0 Å². The Morgan fingerprint density at radius 3 is 2.05 bits per heavy atom. The number of halogens is 3. The molecule has 1 N–H and O–H groups in total. The first-order chi connectivity index (χ1) is 8.76. The summed E-state index contributed by atoms with van der Waals surface area (Å²) in [5, 5.41) is 9.20. The fourth-order valence-electron chi connectivity index (χ4n) is 1.09. The van der Waals surface area contributed by atoms with Gasteiger partial charge in [0.2, 0.25) is 0 Å². The molecule has 0 aliphatic carbocycles. The van der Waals surface area contributed by atoms with Gasteiger partial charge in [0.25, 0.3) is 0 Å². The van der Waals surface area contributed by atoms with Gasteiger partial charge in [-0.15, -0.1) is 0 Å². The standard InChI is InChI=1S/C13H15F3O3/c1-3-8-18-10-4-6-11(7-5-10)19-9-12(2,17)13(14,15)16/h3-7,17H,1,8-9H2,2H3. The molecule has 0 spiro atoms. The molecule has 1 aromatic carbocycles. The van der Waals surface area contributed by atoms with Crippen molar-refractivity contribution in [2.24, 2.45) is 0 Å². The van der Waals surface area contributed by atoms with Gasteiger partial charge in [-0.3, -0.25) is 0 Å². The van der Waals surface area contributed by atoms with Crippen LogP contribution in [0.5, 0.6) is 11.5 Å². The van der Waals surface area contributed by atoms with E-state index in [9.17, 15) is 18.3 Å². The fraction of sp³-hybridized carbons (Fsp3) is 0.385. The van der Waals surface area contributed by atoms with Crippen molar-refractivity contribution in [3.63, 3.8) is 0 Å². The van der Waals surface area contributed by atoms with E-state index in [1.165, 1.54) is 12.1 Å². The minimum atomic E-state index is -4.74. The van der Waals surface area contributed by atoms with Gasteiger partial charge in [0.15, 0.2) is 5.60 Å². The van der Waals surface area contributed by atoms with Crippen LogP contribution in [0.25, 0.3) is 0 Å². The first-order valence-corrected chi connectivity index (χ1v) is 5.52. The highest BCUT2D eigenvalue weighted by molar-refractivity contribution is 5.31. The summed E-state index contributed by atoms with van der Waals surface area (Å²) >= 11 is 0. The lowest BCUT2D eigenvalue weighted by Gasteiger charge is -2.26. The predicted octanol–water partition coefficient (Wildman–Crippen LogP) is 2.94. The van der Waals surface area contributed by atoms with Crippen LogP contribution in [0, 0.1) is 0 Å². The smallest absolute Gasteiger partial charge is 0.420 e. The van der Waals surface area contributed by atoms with E-state index in [0.717, 1.165) is 0 Å². The van der Waals surface area contributed by atoms with E-state index in [-0.39, 0.29) is 5.75 Å². The van der Waals surface area contributed by atoms with Crippen molar-refractivity contribution in [1.82, 2.24) is 0 Å². The SMILES string of the molecule is C=CCOc1ccc(OCC(C)(O)C(F)(F)F)cc1. The second-order valence-corrected chi connectivity index (χ2v) is 4.13. The Kier molecular flexibility index (Phi) is 4.83. The molecule has 0 heterocycles. The van der Waals surface area contributed by atoms with E-state index in [1.54, 1.807) is 18.2 Å². The van der Waals surface area contributed by atoms with Crippen molar-refractivity contribution in [2.45, 2.75) is 18.7 Å². The summed E-state index contributed by atoms with van der Waals surface area (Å²) in [5.41, 5.74) is -2.88. The van der Waals surface area contributed by atoms with E-state index in [1.807, 2.05) is 0 Å². The Labute approximate surface area is 109 Å². The van der Waals surface area contributed by atoms with E-state index >= 15 is 0 Å². The van der Waals surface area contributed by atoms with Crippen LogP contribution in [0.1, 0.15) is 6.92 Å². The van der Waals surface area contributed by atoms with Crippen molar-refractivity contribution < 1.29 is 27.8 Å². The van der Waals surface area contributed by atoms with Gasteiger partial charge in [0.05, 0.1) is 0 Å². The maximum atomic E-state index is 12.4. The summed E-state index contributed by atoms with van der Waals surface area (Å²) in [7, 11) is 0. The topological polar surface area (TPSA) is 38.7 Å². The second-order valence-electron chi connectivity index (χ2n) is 4.13. The van der Waals surface area contributed by atoms with Crippen LogP contribution in [0.4, 0.5) is 13.2 Å². The van der Waals surface area contributed by atoms with E-state index in [2.05, 4.69) is 6.58 Å². The number of hydrogen-bond donors (Lipinski definition) is 1. The molecule has 0 radical (unpaired) electrons. The molecule has 0 saturated heterocycles. The molecule has 1 aromatic rings. The third-order valence-corrected chi connectivity index (χ3v) is 2.32. The van der Waals surface area contributed by atoms with Crippen molar-refractivity contribution in [3.05, 3.63) is 36.9 Å². The molecule has 19 heavy (non-hydrogen) atoms. The maximum Gasteiger partial charge on any atom is 0.420 e. The summed E-state index contributed by atoms with van der Waals surface area (Å²) < 4.78 is 47.3. The van der Waals surface area contributed by atoms with Gasteiger partial charge in [-0.2, -0.15) is 13.2 Å². The van der Waals surface area contributed by atoms with Gasteiger partial charge in [-0.05, 0) is 31.2 Å². The zero-order valence-electron chi connectivity index (χ0n) is 10.4. The zero-order chi connectivity index (χ0) is 14.5. The van der Waals surface area contributed by atoms with Crippen LogP contribution in [0.2, 0.25) is 0 Å². The summed E-state index contributed by atoms with van der Waals surface area (Å²) in [6.45, 7) is 3.61. The average molecular weight is 276 g/mol. The molecule has 0 aliphatic rings. The van der Waals surface area contributed by atoms with Crippen LogP contribution >= 0.6 is 0 Å². The van der Waals surface area contributed by atoms with Gasteiger partial charge >= 0.3 is 6.18 Å². The monoisotopic (exact) mass is 276 g/mol. The maximum absolute atomic E-state index is 12.4. The van der Waals surface area contributed by atoms with Crippen LogP contribution in [0.15, 0.2) is 36.9 Å². The summed E-state index contributed by atoms with van der Waals surface area (Å²) in [6.07, 6.45) is -3.16. The Hall–Kier alpha value is -1.69. The highest BCUT2D eigenvalue weighted by Gasteiger charge is 2.50. The van der Waals surface area contributed by atoms with Crippen molar-refractivity contribution in [2.75, 3.05) is 13.2 Å². The lowest BCUT2D eigenvalue weighted by molar-refractivity contribution is -0.260. The zero-order valence-corrected chi connectivity index (χ0v) is 10.4. The van der Waals surface area contributed by atoms with Gasteiger partial charge < -0.3 is 14.6 Å². The second kappa shape index (κ2) is 5.97. The lowest BCUT2D eigenvalue weighted by atomic mass is 10.1. The molecular weight excluding hydrogens is 261 g/mol. The molecule has 0 amide bonds. The number of rotatable bonds is 6. The third kappa shape index (κ3) is 4.48. The molecule has 0 aromatic heterocycles. The first-order valence-electron chi connectivity index (χ1n) is 5.52. The Morgan fingerprint density at radius 1 is 1.16 bits per heavy atom. The largest absolute Gasteiger partial charge is 0.490 e. The van der Waals surface area contributed by atoms with Crippen LogP contribution < -0.4 is 9.47 Å². The molecule has 0 fully saturated rings. The minimum Gasteiger partial charge on any atom is -0.490 e. The number of aliphatic hydroxyl groups is 1. The molecule has 0 bridgehead atoms. The molecule has 1 unspecified atom stereocenters. The van der Waals surface area contributed by atoms with Crippen molar-refractivity contribution in [3.8, 4) is 11.5 Å². The normalized spacial score (nSPS) is 14.6. The molecule has 1 rings (SSSR count). The molecule has 1 atom stereocenters. The molecule has 3 nitrogen and oxygen atoms in total. The lowest BCUT2D eigenvalue weighted by Crippen LogP contribution is -2.47. The Balaban J connectivity index is 2.57. The first kappa shape index (κ1) is 15.4. The molecule has 0 saturated carbocycles. The summed E-state index contributed by atoms with van der Waals surface area (Å²) in [6, 6.07) is 6.04. The van der Waals surface area contributed by atoms with E-state index in [4.69, 9.17) is 9.47 Å². The number of ether oxygens (including phenoxy) is 2. The quantitative estimate of drug-likeness (QED) is 0.812. The molecule has 0 aliphatic heterocycles. The van der Waals surface area contributed by atoms with Gasteiger partial charge in [0.1, 0.15) is 24.7 Å². The van der Waals surface area contributed by atoms with Crippen LogP contribution in [-0.4, -0.2) is 30.1 Å². The van der Waals surface area contributed by atoms with Gasteiger partial charge in [-0.1, -0.05) is 12.7 Å². The average Bonchev–Trinajstić information content (AvgIpc) is 2.34. The molecule has 6 heteroatoms. The predicted molar refractivity (Wildman–Crippen MR) is 64.3 cm³/mol. The molecule has 106 valence electrons. The van der Waals surface area contributed by atoms with E-state index < -0.39 is 18.4 Å². The highest BCUT2D eigenvalue weighted by Crippen LogP contribution is 2.30. The number of hydrogen-bond acceptors (Lipinski definition) is 3. The number of benzene rings is 1. The van der Waals surface area contributed by atoms with Crippen molar-refractivity contribution >= 4 is 0 Å². The van der Waals surface area contributed by atoms with Crippen LogP contribution in [0.3, 0.4) is 0 Å². The molecular formula is C13H15F3O3. The highest BCUT2D eigenvalue weighted by atomic mass is 19.4. The third-order valence-electron chi connectivity index (χ3n) is 2.32. The number of alkyl halides is 3. The van der Waals surface area contributed by atoms with Gasteiger partial charge in [-0.25, -0.2) is 0 Å². The summed E-state index contributed by atoms with van der Waals surface area (Å²) in [5.74, 6) is 0.769. The Bertz CT molecular complexity index is 410.